The summed E-state index contributed by atoms with van der Waals surface area (Å²) < 4.78 is 0. The number of fused-ring (bicyclic) bond motifs is 1. The van der Waals surface area contributed by atoms with E-state index < -0.39 is 5.91 Å². The van der Waals surface area contributed by atoms with E-state index in [0.29, 0.717) is 22.3 Å². The van der Waals surface area contributed by atoms with Gasteiger partial charge < -0.3 is 16.5 Å². The van der Waals surface area contributed by atoms with Gasteiger partial charge in [-0.25, -0.2) is 4.98 Å². The normalized spacial score (nSPS) is 10.5. The number of carbonyl (C=O) groups excluding carboxylic acids is 1. The highest BCUT2D eigenvalue weighted by Gasteiger charge is 2.06. The van der Waals surface area contributed by atoms with Gasteiger partial charge in [-0.1, -0.05) is 0 Å². The molecule has 0 aliphatic rings. The number of hydrogen-bond donors (Lipinski definition) is 3. The van der Waals surface area contributed by atoms with Crippen molar-refractivity contribution in [2.24, 2.45) is 5.73 Å². The van der Waals surface area contributed by atoms with Gasteiger partial charge in [0.15, 0.2) is 0 Å². The lowest BCUT2D eigenvalue weighted by atomic mass is 10.1. The lowest BCUT2D eigenvalue weighted by Gasteiger charge is -1.98. The van der Waals surface area contributed by atoms with Crippen LogP contribution in [0.25, 0.3) is 11.0 Å². The molecule has 0 radical (unpaired) electrons. The number of imidazole rings is 1. The molecule has 0 aliphatic carbocycles. The minimum atomic E-state index is -0.497. The summed E-state index contributed by atoms with van der Waals surface area (Å²) in [6.45, 7) is 0. The predicted octanol–water partition coefficient (Wildman–Crippen LogP) is 0.244. The molecule has 0 atom stereocenters. The van der Waals surface area contributed by atoms with Gasteiger partial charge >= 0.3 is 0 Å². The molecule has 0 saturated carbocycles. The van der Waals surface area contributed by atoms with Crippen molar-refractivity contribution in [3.8, 4) is 0 Å². The fourth-order valence-electron chi connectivity index (χ4n) is 1.22. The summed E-state index contributed by atoms with van der Waals surface area (Å²) in [6.07, 6.45) is 1.52. The number of amides is 1. The number of nitrogens with one attached hydrogen (secondary N) is 1. The molecule has 2 rings (SSSR count). The van der Waals surface area contributed by atoms with Crippen molar-refractivity contribution in [3.63, 3.8) is 0 Å². The maximum atomic E-state index is 10.9. The summed E-state index contributed by atoms with van der Waals surface area (Å²) in [5.74, 6) is -0.497. The van der Waals surface area contributed by atoms with Gasteiger partial charge in [0.25, 0.3) is 0 Å². The van der Waals surface area contributed by atoms with Crippen molar-refractivity contribution in [1.29, 1.82) is 0 Å². The molecule has 5 nitrogen and oxygen atoms in total. The molecule has 1 heterocycles. The molecule has 1 aromatic heterocycles. The van der Waals surface area contributed by atoms with Crippen LogP contribution in [-0.4, -0.2) is 15.9 Å². The highest BCUT2D eigenvalue weighted by atomic mass is 16.1. The molecular formula is C8H8N4O. The van der Waals surface area contributed by atoms with E-state index >= 15 is 0 Å². The molecule has 0 unspecified atom stereocenters. The summed E-state index contributed by atoms with van der Waals surface area (Å²) in [4.78, 5) is 17.7. The lowest BCUT2D eigenvalue weighted by molar-refractivity contribution is 0.100. The third kappa shape index (κ3) is 1.10. The number of anilines is 1. The van der Waals surface area contributed by atoms with E-state index in [1.807, 2.05) is 0 Å². The number of nitrogens with zero attached hydrogens (tertiary/aromatic N) is 1. The molecule has 1 amide bonds. The zero-order valence-electron chi connectivity index (χ0n) is 6.74. The molecule has 0 saturated heterocycles. The van der Waals surface area contributed by atoms with Gasteiger partial charge in [0.05, 0.1) is 17.5 Å². The minimum Gasteiger partial charge on any atom is -0.397 e. The number of carbonyl (C=O) groups is 1. The molecule has 0 aliphatic heterocycles. The average Bonchev–Trinajstić information content (AvgIpc) is 2.51. The number of primary amides is 1. The molecule has 5 heteroatoms. The van der Waals surface area contributed by atoms with Gasteiger partial charge in [0.2, 0.25) is 5.91 Å². The number of hydrogen-bond acceptors (Lipinski definition) is 3. The first-order chi connectivity index (χ1) is 6.18. The Bertz CT molecular complexity index is 474. The second-order valence-corrected chi connectivity index (χ2v) is 2.73. The average molecular weight is 176 g/mol. The van der Waals surface area contributed by atoms with Gasteiger partial charge in [0, 0.05) is 5.56 Å². The van der Waals surface area contributed by atoms with Gasteiger partial charge in [-0.15, -0.1) is 0 Å². The van der Waals surface area contributed by atoms with Crippen LogP contribution in [0.4, 0.5) is 5.69 Å². The molecule has 0 bridgehead atoms. The molecule has 0 spiro atoms. The largest absolute Gasteiger partial charge is 0.397 e. The van der Waals surface area contributed by atoms with E-state index in [9.17, 15) is 4.79 Å². The first-order valence-electron chi connectivity index (χ1n) is 3.71. The smallest absolute Gasteiger partial charge is 0.248 e. The number of H-pyrrole nitrogens is 1. The maximum absolute atomic E-state index is 10.9. The second-order valence-electron chi connectivity index (χ2n) is 2.73. The van der Waals surface area contributed by atoms with Crippen molar-refractivity contribution < 1.29 is 4.79 Å². The zero-order valence-corrected chi connectivity index (χ0v) is 6.74. The van der Waals surface area contributed by atoms with Crippen LogP contribution in [-0.2, 0) is 0 Å². The topological polar surface area (TPSA) is 97.8 Å². The van der Waals surface area contributed by atoms with E-state index in [2.05, 4.69) is 9.97 Å². The highest BCUT2D eigenvalue weighted by Crippen LogP contribution is 2.19. The molecule has 5 N–H and O–H groups in total. The Hall–Kier alpha value is -2.04. The minimum absolute atomic E-state index is 0.384. The zero-order chi connectivity index (χ0) is 9.42. The molecule has 13 heavy (non-hydrogen) atoms. The highest BCUT2D eigenvalue weighted by molar-refractivity contribution is 5.99. The van der Waals surface area contributed by atoms with Crippen LogP contribution in [0.15, 0.2) is 18.5 Å². The predicted molar refractivity (Wildman–Crippen MR) is 49.0 cm³/mol. The first-order valence-corrected chi connectivity index (χ1v) is 3.71. The van der Waals surface area contributed by atoms with Gasteiger partial charge in [-0.05, 0) is 12.1 Å². The quantitative estimate of drug-likeness (QED) is 0.543. The molecular weight excluding hydrogens is 168 g/mol. The van der Waals surface area contributed by atoms with Crippen LogP contribution in [0.2, 0.25) is 0 Å². The number of nitrogens with two attached hydrogens (primary N) is 2. The summed E-state index contributed by atoms with van der Waals surface area (Å²) in [7, 11) is 0. The first kappa shape index (κ1) is 7.60. The Labute approximate surface area is 73.7 Å². The van der Waals surface area contributed by atoms with Gasteiger partial charge in [-0.2, -0.15) is 0 Å². The van der Waals surface area contributed by atoms with Crippen molar-refractivity contribution in [1.82, 2.24) is 9.97 Å². The van der Waals surface area contributed by atoms with E-state index in [1.165, 1.54) is 12.4 Å². The second kappa shape index (κ2) is 2.48. The number of aromatic nitrogens is 2. The van der Waals surface area contributed by atoms with E-state index in [1.54, 1.807) is 6.07 Å². The number of benzene rings is 1. The van der Waals surface area contributed by atoms with Crippen LogP contribution < -0.4 is 11.5 Å². The molecule has 66 valence electrons. The fourth-order valence-corrected chi connectivity index (χ4v) is 1.22. The van der Waals surface area contributed by atoms with Crippen molar-refractivity contribution in [3.05, 3.63) is 24.0 Å². The monoisotopic (exact) mass is 176 g/mol. The molecule has 0 fully saturated rings. The Morgan fingerprint density at radius 2 is 2.23 bits per heavy atom. The molecule has 2 aromatic rings. The standard InChI is InChI=1S/C8H8N4O/c9-5-1-4(8(10)13)2-6-7(5)12-3-11-6/h1-3H,9H2,(H2,10,13)(H,11,12). The molecule has 1 aromatic carbocycles. The number of rotatable bonds is 1. The fraction of sp³-hybridized carbons (Fsp3) is 0. The summed E-state index contributed by atoms with van der Waals surface area (Å²) in [5, 5.41) is 0. The van der Waals surface area contributed by atoms with Crippen LogP contribution >= 0.6 is 0 Å². The number of aromatic amines is 1. The van der Waals surface area contributed by atoms with Gasteiger partial charge in [0.1, 0.15) is 5.52 Å². The van der Waals surface area contributed by atoms with Crippen LogP contribution in [0.1, 0.15) is 10.4 Å². The number of nitrogen functional groups attached to an aromatic ring is 1. The van der Waals surface area contributed by atoms with Crippen LogP contribution in [0, 0.1) is 0 Å². The Kier molecular flexibility index (Phi) is 1.45. The third-order valence-corrected chi connectivity index (χ3v) is 1.84. The van der Waals surface area contributed by atoms with Crippen molar-refractivity contribution in [2.75, 3.05) is 5.73 Å². The van der Waals surface area contributed by atoms with Gasteiger partial charge in [-0.3, -0.25) is 4.79 Å². The van der Waals surface area contributed by atoms with Crippen molar-refractivity contribution in [2.45, 2.75) is 0 Å². The SMILES string of the molecule is NC(=O)c1cc(N)c2nc[nH]c2c1. The van der Waals surface area contributed by atoms with E-state index in [0.717, 1.165) is 0 Å². The Balaban J connectivity index is 2.77. The Morgan fingerprint density at radius 1 is 1.46 bits per heavy atom. The van der Waals surface area contributed by atoms with E-state index in [-0.39, 0.29) is 0 Å². The Morgan fingerprint density at radius 3 is 2.92 bits per heavy atom. The third-order valence-electron chi connectivity index (χ3n) is 1.84. The maximum Gasteiger partial charge on any atom is 0.248 e. The summed E-state index contributed by atoms with van der Waals surface area (Å²) in [5.41, 5.74) is 13.0. The van der Waals surface area contributed by atoms with Crippen LogP contribution in [0.5, 0.6) is 0 Å². The van der Waals surface area contributed by atoms with Crippen molar-refractivity contribution >= 4 is 22.6 Å². The lowest BCUT2D eigenvalue weighted by Crippen LogP contribution is -2.11. The van der Waals surface area contributed by atoms with Crippen LogP contribution in [0.3, 0.4) is 0 Å². The van der Waals surface area contributed by atoms with E-state index in [4.69, 9.17) is 11.5 Å². The summed E-state index contributed by atoms with van der Waals surface area (Å²) >= 11 is 0. The summed E-state index contributed by atoms with van der Waals surface area (Å²) in [6, 6.07) is 3.15.